The molecule has 1 heterocycles. The largest absolute Gasteiger partial charge is 0.441 e. The fourth-order valence-electron chi connectivity index (χ4n) is 2.36. The van der Waals surface area contributed by atoms with E-state index in [0.29, 0.717) is 12.4 Å². The minimum atomic E-state index is -0.198. The second-order valence-electron chi connectivity index (χ2n) is 4.89. The lowest BCUT2D eigenvalue weighted by Gasteiger charge is -2.13. The van der Waals surface area contributed by atoms with Gasteiger partial charge in [-0.15, -0.1) is 0 Å². The third-order valence-electron chi connectivity index (χ3n) is 3.42. The van der Waals surface area contributed by atoms with E-state index in [9.17, 15) is 0 Å². The molecule has 0 saturated carbocycles. The molecular weight excluding hydrogens is 250 g/mol. The van der Waals surface area contributed by atoms with Crippen LogP contribution >= 0.6 is 0 Å². The molecule has 3 rings (SSSR count). The maximum atomic E-state index is 6.33. The van der Waals surface area contributed by atoms with Crippen molar-refractivity contribution in [2.45, 2.75) is 19.5 Å². The predicted molar refractivity (Wildman–Crippen MR) is 79.1 cm³/mol. The summed E-state index contributed by atoms with van der Waals surface area (Å²) >= 11 is 0. The summed E-state index contributed by atoms with van der Waals surface area (Å²) in [5, 5.41) is 0. The number of aromatic nitrogens is 1. The molecule has 20 heavy (non-hydrogen) atoms. The quantitative estimate of drug-likeness (QED) is 0.764. The molecule has 0 amide bonds. The number of benzene rings is 2. The lowest BCUT2D eigenvalue weighted by molar-refractivity contribution is 0.560. The van der Waals surface area contributed by atoms with Crippen LogP contribution in [0.3, 0.4) is 0 Å². The molecular formula is C16H17N3O. The smallest absolute Gasteiger partial charge is 0.192 e. The Labute approximate surface area is 117 Å². The summed E-state index contributed by atoms with van der Waals surface area (Å²) < 4.78 is 5.55. The first kappa shape index (κ1) is 12.8. The molecule has 0 saturated heterocycles. The predicted octanol–water partition coefficient (Wildman–Crippen LogP) is 2.64. The molecule has 0 aliphatic rings. The molecule has 1 aromatic heterocycles. The molecule has 2 aromatic carbocycles. The van der Waals surface area contributed by atoms with Gasteiger partial charge in [-0.25, -0.2) is 4.98 Å². The van der Waals surface area contributed by atoms with Crippen molar-refractivity contribution in [3.8, 4) is 0 Å². The van der Waals surface area contributed by atoms with Crippen molar-refractivity contribution in [1.29, 1.82) is 0 Å². The molecule has 0 spiro atoms. The van der Waals surface area contributed by atoms with Crippen LogP contribution < -0.4 is 11.5 Å². The first-order valence-electron chi connectivity index (χ1n) is 6.59. The molecule has 0 aliphatic carbocycles. The Morgan fingerprint density at radius 2 is 1.95 bits per heavy atom. The van der Waals surface area contributed by atoms with Crippen LogP contribution in [0.2, 0.25) is 0 Å². The van der Waals surface area contributed by atoms with Crippen LogP contribution in [-0.4, -0.2) is 4.98 Å². The lowest BCUT2D eigenvalue weighted by atomic mass is 9.98. The van der Waals surface area contributed by atoms with E-state index in [4.69, 9.17) is 15.9 Å². The number of aryl methyl sites for hydroxylation is 1. The van der Waals surface area contributed by atoms with E-state index in [1.807, 2.05) is 49.4 Å². The van der Waals surface area contributed by atoms with Crippen LogP contribution in [0.5, 0.6) is 0 Å². The molecule has 4 N–H and O–H groups in total. The van der Waals surface area contributed by atoms with Crippen molar-refractivity contribution in [2.24, 2.45) is 11.5 Å². The summed E-state index contributed by atoms with van der Waals surface area (Å²) in [5.41, 5.74) is 16.8. The average molecular weight is 267 g/mol. The van der Waals surface area contributed by atoms with Crippen molar-refractivity contribution in [1.82, 2.24) is 4.98 Å². The van der Waals surface area contributed by atoms with Gasteiger partial charge in [-0.05, 0) is 28.8 Å². The molecule has 0 fully saturated rings. The molecule has 4 nitrogen and oxygen atoms in total. The van der Waals surface area contributed by atoms with E-state index in [2.05, 4.69) is 4.98 Å². The van der Waals surface area contributed by atoms with Crippen molar-refractivity contribution < 1.29 is 4.42 Å². The first-order valence-corrected chi connectivity index (χ1v) is 6.59. The third-order valence-corrected chi connectivity index (χ3v) is 3.42. The van der Waals surface area contributed by atoms with Gasteiger partial charge in [-0.2, -0.15) is 0 Å². The molecule has 0 bridgehead atoms. The van der Waals surface area contributed by atoms with Crippen LogP contribution in [0.4, 0.5) is 0 Å². The number of fused-ring (bicyclic) bond motifs is 1. The second-order valence-corrected chi connectivity index (χ2v) is 4.89. The fourth-order valence-corrected chi connectivity index (χ4v) is 2.36. The Bertz CT molecular complexity index is 748. The maximum absolute atomic E-state index is 6.33. The van der Waals surface area contributed by atoms with Gasteiger partial charge in [0.25, 0.3) is 0 Å². The van der Waals surface area contributed by atoms with Crippen LogP contribution in [-0.2, 0) is 6.54 Å². The zero-order valence-electron chi connectivity index (χ0n) is 11.3. The van der Waals surface area contributed by atoms with Gasteiger partial charge in [0.2, 0.25) is 0 Å². The Morgan fingerprint density at radius 1 is 1.15 bits per heavy atom. The van der Waals surface area contributed by atoms with Crippen LogP contribution in [0.1, 0.15) is 28.6 Å². The van der Waals surface area contributed by atoms with Crippen LogP contribution in [0.15, 0.2) is 46.9 Å². The fraction of sp³-hybridized carbons (Fsp3) is 0.188. The van der Waals surface area contributed by atoms with Gasteiger partial charge < -0.3 is 15.9 Å². The summed E-state index contributed by atoms with van der Waals surface area (Å²) in [6.07, 6.45) is 0. The van der Waals surface area contributed by atoms with Gasteiger partial charge >= 0.3 is 0 Å². The Morgan fingerprint density at radius 3 is 2.75 bits per heavy atom. The highest BCUT2D eigenvalue weighted by Crippen LogP contribution is 2.24. The second kappa shape index (κ2) is 5.07. The average Bonchev–Trinajstić information content (AvgIpc) is 2.85. The minimum Gasteiger partial charge on any atom is -0.441 e. The van der Waals surface area contributed by atoms with E-state index in [1.165, 1.54) is 0 Å². The third kappa shape index (κ3) is 2.31. The van der Waals surface area contributed by atoms with E-state index < -0.39 is 0 Å². The summed E-state index contributed by atoms with van der Waals surface area (Å²) in [7, 11) is 0. The number of hydrogen-bond acceptors (Lipinski definition) is 4. The number of oxazole rings is 1. The first-order chi connectivity index (χ1) is 9.67. The standard InChI is InChI=1S/C16H17N3O/c1-10-19-14-6-5-13(8-15(14)20-10)16(18)12-4-2-3-11(7-12)9-17/h2-8,16H,9,17-18H2,1H3. The summed E-state index contributed by atoms with van der Waals surface area (Å²) in [4.78, 5) is 4.29. The monoisotopic (exact) mass is 267 g/mol. The van der Waals surface area contributed by atoms with E-state index in [1.54, 1.807) is 0 Å². The Hall–Kier alpha value is -2.17. The highest BCUT2D eigenvalue weighted by molar-refractivity contribution is 5.73. The molecule has 0 aliphatic heterocycles. The van der Waals surface area contributed by atoms with E-state index >= 15 is 0 Å². The maximum Gasteiger partial charge on any atom is 0.192 e. The highest BCUT2D eigenvalue weighted by atomic mass is 16.3. The lowest BCUT2D eigenvalue weighted by Crippen LogP contribution is -2.12. The summed E-state index contributed by atoms with van der Waals surface area (Å²) in [6, 6.07) is 13.7. The van der Waals surface area contributed by atoms with Crippen molar-refractivity contribution in [3.63, 3.8) is 0 Å². The molecule has 3 aromatic rings. The zero-order valence-corrected chi connectivity index (χ0v) is 11.3. The molecule has 1 atom stereocenters. The number of nitrogens with zero attached hydrogens (tertiary/aromatic N) is 1. The summed E-state index contributed by atoms with van der Waals surface area (Å²) in [6.45, 7) is 2.35. The van der Waals surface area contributed by atoms with Gasteiger partial charge in [-0.3, -0.25) is 0 Å². The van der Waals surface area contributed by atoms with Gasteiger partial charge in [0.15, 0.2) is 11.5 Å². The highest BCUT2D eigenvalue weighted by Gasteiger charge is 2.11. The van der Waals surface area contributed by atoms with E-state index in [0.717, 1.165) is 27.8 Å². The minimum absolute atomic E-state index is 0.198. The number of nitrogens with two attached hydrogens (primary N) is 2. The van der Waals surface area contributed by atoms with E-state index in [-0.39, 0.29) is 6.04 Å². The van der Waals surface area contributed by atoms with Gasteiger partial charge in [0.05, 0.1) is 6.04 Å². The molecule has 102 valence electrons. The molecule has 1 unspecified atom stereocenters. The SMILES string of the molecule is Cc1nc2ccc(C(N)c3cccc(CN)c3)cc2o1. The normalized spacial score (nSPS) is 12.8. The van der Waals surface area contributed by atoms with Gasteiger partial charge in [-0.1, -0.05) is 30.3 Å². The van der Waals surface area contributed by atoms with Crippen LogP contribution in [0.25, 0.3) is 11.1 Å². The topological polar surface area (TPSA) is 78.1 Å². The van der Waals surface area contributed by atoms with Gasteiger partial charge in [0, 0.05) is 13.5 Å². The summed E-state index contributed by atoms with van der Waals surface area (Å²) in [5.74, 6) is 0.663. The van der Waals surface area contributed by atoms with Crippen LogP contribution in [0, 0.1) is 6.92 Å². The number of rotatable bonds is 3. The Balaban J connectivity index is 2.00. The zero-order chi connectivity index (χ0) is 14.1. The van der Waals surface area contributed by atoms with Crippen molar-refractivity contribution in [2.75, 3.05) is 0 Å². The molecule has 4 heteroatoms. The molecule has 0 radical (unpaired) electrons. The Kier molecular flexibility index (Phi) is 3.26. The van der Waals surface area contributed by atoms with Gasteiger partial charge in [0.1, 0.15) is 5.52 Å². The van der Waals surface area contributed by atoms with Crippen molar-refractivity contribution in [3.05, 3.63) is 65.0 Å². The van der Waals surface area contributed by atoms with Crippen molar-refractivity contribution >= 4 is 11.1 Å². The number of hydrogen-bond donors (Lipinski definition) is 2.